The van der Waals surface area contributed by atoms with Gasteiger partial charge in [-0.3, -0.25) is 4.79 Å². The lowest BCUT2D eigenvalue weighted by Crippen LogP contribution is -2.57. The molecule has 1 spiro atoms. The number of benzene rings is 1. The van der Waals surface area contributed by atoms with Crippen LogP contribution < -0.4 is 9.64 Å². The number of ether oxygens (including phenoxy) is 1. The van der Waals surface area contributed by atoms with Crippen LogP contribution in [-0.4, -0.2) is 63.1 Å². The standard InChI is InChI=1S/C20H21N5O3/c1-28-15-9-13(8-14(26)10-15)19(27)25-7-6-24(11-20(25)3-4-20)18-16-2-5-21-17(16)22-12-23-18/h2,5,8-10,12,26H,3-4,6-7,11H2,1H3,(H,21,22,23). The molecule has 1 saturated carbocycles. The third kappa shape index (κ3) is 2.64. The van der Waals surface area contributed by atoms with Gasteiger partial charge in [0.25, 0.3) is 5.91 Å². The zero-order valence-corrected chi connectivity index (χ0v) is 15.6. The van der Waals surface area contributed by atoms with Crippen molar-refractivity contribution < 1.29 is 14.6 Å². The van der Waals surface area contributed by atoms with Crippen molar-refractivity contribution in [2.24, 2.45) is 0 Å². The number of carbonyl (C=O) groups is 1. The monoisotopic (exact) mass is 379 g/mol. The Bertz CT molecular complexity index is 1060. The first-order valence-corrected chi connectivity index (χ1v) is 9.33. The predicted octanol–water partition coefficient (Wildman–Crippen LogP) is 2.17. The van der Waals surface area contributed by atoms with E-state index in [2.05, 4.69) is 19.9 Å². The number of amides is 1. The second-order valence-corrected chi connectivity index (χ2v) is 7.46. The van der Waals surface area contributed by atoms with Gasteiger partial charge in [-0.25, -0.2) is 9.97 Å². The van der Waals surface area contributed by atoms with Crippen molar-refractivity contribution in [3.8, 4) is 11.5 Å². The number of anilines is 1. The van der Waals surface area contributed by atoms with Crippen molar-refractivity contribution in [2.75, 3.05) is 31.6 Å². The molecule has 1 aliphatic heterocycles. The molecule has 1 aliphatic carbocycles. The maximum atomic E-state index is 13.2. The highest BCUT2D eigenvalue weighted by Crippen LogP contribution is 2.46. The van der Waals surface area contributed by atoms with Gasteiger partial charge in [0.15, 0.2) is 0 Å². The average Bonchev–Trinajstić information content (AvgIpc) is 3.28. The summed E-state index contributed by atoms with van der Waals surface area (Å²) in [5.41, 5.74) is 1.09. The molecule has 2 fully saturated rings. The number of aromatic hydroxyl groups is 1. The van der Waals surface area contributed by atoms with Crippen molar-refractivity contribution in [1.82, 2.24) is 19.9 Å². The normalized spacial score (nSPS) is 17.9. The Morgan fingerprint density at radius 3 is 2.89 bits per heavy atom. The van der Waals surface area contributed by atoms with E-state index in [0.717, 1.165) is 36.2 Å². The van der Waals surface area contributed by atoms with Crippen LogP contribution in [0, 0.1) is 0 Å². The minimum Gasteiger partial charge on any atom is -0.508 e. The topological polar surface area (TPSA) is 94.6 Å². The van der Waals surface area contributed by atoms with Crippen LogP contribution in [0.1, 0.15) is 23.2 Å². The average molecular weight is 379 g/mol. The molecule has 8 heteroatoms. The lowest BCUT2D eigenvalue weighted by molar-refractivity contribution is 0.0623. The first-order chi connectivity index (χ1) is 13.6. The van der Waals surface area contributed by atoms with Gasteiger partial charge >= 0.3 is 0 Å². The number of H-pyrrole nitrogens is 1. The SMILES string of the molecule is COc1cc(O)cc(C(=O)N2CCN(c3ncnc4[nH]ccc34)CC23CC3)c1. The number of carbonyl (C=O) groups excluding carboxylic acids is 1. The molecule has 1 aromatic carbocycles. The van der Waals surface area contributed by atoms with Gasteiger partial charge in [-0.2, -0.15) is 0 Å². The van der Waals surface area contributed by atoms with E-state index in [1.54, 1.807) is 12.4 Å². The maximum Gasteiger partial charge on any atom is 0.254 e. The first-order valence-electron chi connectivity index (χ1n) is 9.33. The van der Waals surface area contributed by atoms with E-state index in [4.69, 9.17) is 4.74 Å². The molecular weight excluding hydrogens is 358 g/mol. The zero-order valence-electron chi connectivity index (χ0n) is 15.6. The van der Waals surface area contributed by atoms with Crippen LogP contribution in [0.4, 0.5) is 5.82 Å². The number of aromatic amines is 1. The van der Waals surface area contributed by atoms with E-state index >= 15 is 0 Å². The van der Waals surface area contributed by atoms with Gasteiger partial charge in [0, 0.05) is 37.5 Å². The summed E-state index contributed by atoms with van der Waals surface area (Å²) in [6.45, 7) is 2.04. The van der Waals surface area contributed by atoms with Crippen LogP contribution >= 0.6 is 0 Å². The van der Waals surface area contributed by atoms with Crippen molar-refractivity contribution in [3.63, 3.8) is 0 Å². The molecule has 2 N–H and O–H groups in total. The molecule has 1 saturated heterocycles. The van der Waals surface area contributed by atoms with E-state index in [0.29, 0.717) is 24.4 Å². The summed E-state index contributed by atoms with van der Waals surface area (Å²) in [6.07, 6.45) is 5.37. The van der Waals surface area contributed by atoms with E-state index in [-0.39, 0.29) is 17.2 Å². The van der Waals surface area contributed by atoms with Crippen molar-refractivity contribution in [1.29, 1.82) is 0 Å². The number of nitrogens with zero attached hydrogens (tertiary/aromatic N) is 4. The second kappa shape index (κ2) is 6.12. The highest BCUT2D eigenvalue weighted by Gasteiger charge is 2.53. The molecular formula is C20H21N5O3. The van der Waals surface area contributed by atoms with Crippen LogP contribution in [0.5, 0.6) is 11.5 Å². The molecule has 2 aromatic heterocycles. The summed E-state index contributed by atoms with van der Waals surface area (Å²) < 4.78 is 5.19. The number of hydrogen-bond acceptors (Lipinski definition) is 6. The van der Waals surface area contributed by atoms with Gasteiger partial charge in [-0.05, 0) is 31.0 Å². The number of fused-ring (bicyclic) bond motifs is 1. The third-order valence-corrected chi connectivity index (χ3v) is 5.73. The van der Waals surface area contributed by atoms with E-state index < -0.39 is 0 Å². The van der Waals surface area contributed by atoms with E-state index in [9.17, 15) is 9.90 Å². The van der Waals surface area contributed by atoms with E-state index in [1.807, 2.05) is 17.2 Å². The number of phenols is 1. The second-order valence-electron chi connectivity index (χ2n) is 7.46. The maximum absolute atomic E-state index is 13.2. The Morgan fingerprint density at radius 2 is 2.11 bits per heavy atom. The number of nitrogens with one attached hydrogen (secondary N) is 1. The van der Waals surface area contributed by atoms with Crippen LogP contribution in [0.2, 0.25) is 0 Å². The number of rotatable bonds is 3. The van der Waals surface area contributed by atoms with Crippen LogP contribution in [0.3, 0.4) is 0 Å². The number of hydrogen-bond donors (Lipinski definition) is 2. The molecule has 0 unspecified atom stereocenters. The van der Waals surface area contributed by atoms with Gasteiger partial charge in [0.1, 0.15) is 29.3 Å². The summed E-state index contributed by atoms with van der Waals surface area (Å²) >= 11 is 0. The van der Waals surface area contributed by atoms with Crippen molar-refractivity contribution >= 4 is 22.8 Å². The minimum atomic E-state index is -0.179. The number of aromatic nitrogens is 3. The van der Waals surface area contributed by atoms with Gasteiger partial charge in [-0.1, -0.05) is 0 Å². The smallest absolute Gasteiger partial charge is 0.254 e. The van der Waals surface area contributed by atoms with Crippen molar-refractivity contribution in [3.05, 3.63) is 42.4 Å². The highest BCUT2D eigenvalue weighted by atomic mass is 16.5. The number of piperazine rings is 1. The Kier molecular flexibility index (Phi) is 3.68. The lowest BCUT2D eigenvalue weighted by atomic mass is 10.1. The molecule has 28 heavy (non-hydrogen) atoms. The summed E-state index contributed by atoms with van der Waals surface area (Å²) in [4.78, 5) is 29.3. The minimum absolute atomic E-state index is 0.0296. The Hall–Kier alpha value is -3.29. The molecule has 5 rings (SSSR count). The van der Waals surface area contributed by atoms with Crippen LogP contribution in [-0.2, 0) is 0 Å². The molecule has 3 heterocycles. The summed E-state index contributed by atoms with van der Waals surface area (Å²) in [5.74, 6) is 1.34. The van der Waals surface area contributed by atoms with E-state index in [1.165, 1.54) is 19.2 Å². The molecule has 1 amide bonds. The molecule has 0 radical (unpaired) electrons. The fraction of sp³-hybridized carbons (Fsp3) is 0.350. The largest absolute Gasteiger partial charge is 0.508 e. The fourth-order valence-corrected chi connectivity index (χ4v) is 4.14. The molecule has 0 atom stereocenters. The number of phenolic OH excluding ortho intramolecular Hbond substituents is 1. The highest BCUT2D eigenvalue weighted by molar-refractivity contribution is 5.96. The molecule has 2 aliphatic rings. The molecule has 0 bridgehead atoms. The summed E-state index contributed by atoms with van der Waals surface area (Å²) in [6, 6.07) is 6.67. The quantitative estimate of drug-likeness (QED) is 0.724. The summed E-state index contributed by atoms with van der Waals surface area (Å²) in [5, 5.41) is 10.9. The van der Waals surface area contributed by atoms with Crippen LogP contribution in [0.25, 0.3) is 11.0 Å². The Labute approximate surface area is 161 Å². The predicted molar refractivity (Wildman–Crippen MR) is 104 cm³/mol. The molecule has 3 aromatic rings. The fourth-order valence-electron chi connectivity index (χ4n) is 4.14. The molecule has 144 valence electrons. The van der Waals surface area contributed by atoms with Gasteiger partial charge in [0.05, 0.1) is 18.0 Å². The zero-order chi connectivity index (χ0) is 19.3. The lowest BCUT2D eigenvalue weighted by Gasteiger charge is -2.43. The Balaban J connectivity index is 1.42. The molecule has 8 nitrogen and oxygen atoms in total. The third-order valence-electron chi connectivity index (χ3n) is 5.73. The van der Waals surface area contributed by atoms with Crippen LogP contribution in [0.15, 0.2) is 36.8 Å². The first kappa shape index (κ1) is 16.9. The van der Waals surface area contributed by atoms with Gasteiger partial charge in [0.2, 0.25) is 0 Å². The number of methoxy groups -OCH3 is 1. The van der Waals surface area contributed by atoms with Crippen molar-refractivity contribution in [2.45, 2.75) is 18.4 Å². The van der Waals surface area contributed by atoms with Gasteiger partial charge in [-0.15, -0.1) is 0 Å². The Morgan fingerprint density at radius 1 is 1.25 bits per heavy atom. The van der Waals surface area contributed by atoms with Gasteiger partial charge < -0.3 is 24.6 Å². The summed E-state index contributed by atoms with van der Waals surface area (Å²) in [7, 11) is 1.52.